The maximum absolute atomic E-state index is 13.4. The van der Waals surface area contributed by atoms with Gasteiger partial charge in [-0.2, -0.15) is 0 Å². The Morgan fingerprint density at radius 2 is 1.95 bits per heavy atom. The van der Waals surface area contributed by atoms with Crippen LogP contribution in [0.4, 0.5) is 4.39 Å². The number of ether oxygens (including phenoxy) is 1. The molecule has 0 heterocycles. The molecular formula is C16H16BrFO2. The van der Waals surface area contributed by atoms with Gasteiger partial charge in [-0.05, 0) is 34.5 Å². The van der Waals surface area contributed by atoms with E-state index in [2.05, 4.69) is 15.9 Å². The summed E-state index contributed by atoms with van der Waals surface area (Å²) in [6.07, 6.45) is 0.0615. The third kappa shape index (κ3) is 3.38. The maximum Gasteiger partial charge on any atom is 0.137 e. The Morgan fingerprint density at radius 3 is 2.70 bits per heavy atom. The van der Waals surface area contributed by atoms with Crippen molar-refractivity contribution >= 4 is 15.9 Å². The molecule has 0 fully saturated rings. The lowest BCUT2D eigenvalue weighted by Gasteiger charge is -2.15. The van der Waals surface area contributed by atoms with Crippen molar-refractivity contribution in [3.8, 4) is 5.75 Å². The van der Waals surface area contributed by atoms with Crippen molar-refractivity contribution in [1.82, 2.24) is 0 Å². The van der Waals surface area contributed by atoms with Crippen LogP contribution in [-0.4, -0.2) is 5.11 Å². The smallest absolute Gasteiger partial charge is 0.137 e. The van der Waals surface area contributed by atoms with Gasteiger partial charge in [-0.25, -0.2) is 4.39 Å². The summed E-state index contributed by atoms with van der Waals surface area (Å²) in [7, 11) is 0. The first kappa shape index (κ1) is 15.0. The normalized spacial score (nSPS) is 12.2. The zero-order chi connectivity index (χ0) is 14.5. The van der Waals surface area contributed by atoms with Gasteiger partial charge in [-0.15, -0.1) is 0 Å². The Balaban J connectivity index is 2.17. The van der Waals surface area contributed by atoms with E-state index in [4.69, 9.17) is 4.74 Å². The first-order valence-corrected chi connectivity index (χ1v) is 7.25. The Bertz CT molecular complexity index is 586. The third-order valence-electron chi connectivity index (χ3n) is 3.08. The largest absolute Gasteiger partial charge is 0.488 e. The van der Waals surface area contributed by atoms with E-state index in [0.717, 1.165) is 11.1 Å². The molecule has 2 nitrogen and oxygen atoms in total. The lowest BCUT2D eigenvalue weighted by molar-refractivity contribution is 0.166. The van der Waals surface area contributed by atoms with Gasteiger partial charge < -0.3 is 9.84 Å². The van der Waals surface area contributed by atoms with E-state index >= 15 is 0 Å². The van der Waals surface area contributed by atoms with E-state index in [0.29, 0.717) is 16.6 Å². The number of aliphatic hydroxyl groups excluding tert-OH is 1. The fraction of sp³-hybridized carbons (Fsp3) is 0.250. The van der Waals surface area contributed by atoms with Crippen LogP contribution in [0.2, 0.25) is 0 Å². The highest BCUT2D eigenvalue weighted by atomic mass is 79.9. The standard InChI is InChI=1S/C16H16BrFO2/c1-2-14(19)12-7-3-4-9-15(12)20-10-11-6-5-8-13(18)16(11)17/h3-9,14,19H,2,10H2,1H3/t14-/m0/s1. The van der Waals surface area contributed by atoms with E-state index in [-0.39, 0.29) is 12.4 Å². The molecular weight excluding hydrogens is 323 g/mol. The average molecular weight is 339 g/mol. The predicted molar refractivity (Wildman–Crippen MR) is 80.1 cm³/mol. The molecule has 2 rings (SSSR count). The van der Waals surface area contributed by atoms with Crippen molar-refractivity contribution in [2.75, 3.05) is 0 Å². The highest BCUT2D eigenvalue weighted by Crippen LogP contribution is 2.28. The summed E-state index contributed by atoms with van der Waals surface area (Å²) in [6.45, 7) is 2.15. The Hall–Kier alpha value is -1.39. The van der Waals surface area contributed by atoms with Crippen LogP contribution < -0.4 is 4.74 Å². The van der Waals surface area contributed by atoms with Gasteiger partial charge >= 0.3 is 0 Å². The van der Waals surface area contributed by atoms with Gasteiger partial charge in [-0.1, -0.05) is 37.3 Å². The van der Waals surface area contributed by atoms with Crippen LogP contribution in [0.1, 0.15) is 30.6 Å². The maximum atomic E-state index is 13.4. The Morgan fingerprint density at radius 1 is 1.20 bits per heavy atom. The quantitative estimate of drug-likeness (QED) is 0.862. The van der Waals surface area contributed by atoms with E-state index < -0.39 is 6.10 Å². The van der Waals surface area contributed by atoms with Gasteiger partial charge in [0.25, 0.3) is 0 Å². The molecule has 2 aromatic rings. The minimum absolute atomic E-state index is 0.242. The van der Waals surface area contributed by atoms with E-state index in [1.165, 1.54) is 6.07 Å². The van der Waals surface area contributed by atoms with E-state index in [1.807, 2.05) is 25.1 Å². The summed E-state index contributed by atoms with van der Waals surface area (Å²) in [4.78, 5) is 0. The molecule has 0 bridgehead atoms. The van der Waals surface area contributed by atoms with Gasteiger partial charge in [-0.3, -0.25) is 0 Å². The van der Waals surface area contributed by atoms with Crippen LogP contribution >= 0.6 is 15.9 Å². The summed E-state index contributed by atoms with van der Waals surface area (Å²) in [6, 6.07) is 12.2. The fourth-order valence-electron chi connectivity index (χ4n) is 1.92. The van der Waals surface area contributed by atoms with Crippen LogP contribution in [0.3, 0.4) is 0 Å². The van der Waals surface area contributed by atoms with Gasteiger partial charge in [0.2, 0.25) is 0 Å². The first-order chi connectivity index (χ1) is 9.63. The number of aliphatic hydroxyl groups is 1. The van der Waals surface area contributed by atoms with Crippen LogP contribution in [0, 0.1) is 5.82 Å². The van der Waals surface area contributed by atoms with Gasteiger partial charge in [0.05, 0.1) is 10.6 Å². The molecule has 2 aromatic carbocycles. The fourth-order valence-corrected chi connectivity index (χ4v) is 2.30. The van der Waals surface area contributed by atoms with Crippen molar-refractivity contribution in [3.05, 3.63) is 63.9 Å². The molecule has 1 atom stereocenters. The molecule has 106 valence electrons. The molecule has 20 heavy (non-hydrogen) atoms. The van der Waals surface area contributed by atoms with Gasteiger partial charge in [0.15, 0.2) is 0 Å². The highest BCUT2D eigenvalue weighted by molar-refractivity contribution is 9.10. The summed E-state index contributed by atoms with van der Waals surface area (Å²) in [5.74, 6) is 0.311. The van der Waals surface area contributed by atoms with Crippen molar-refractivity contribution in [3.63, 3.8) is 0 Å². The molecule has 0 saturated heterocycles. The second kappa shape index (κ2) is 6.86. The molecule has 4 heteroatoms. The van der Waals surface area contributed by atoms with Crippen molar-refractivity contribution < 1.29 is 14.2 Å². The second-order valence-corrected chi connectivity index (χ2v) is 5.26. The van der Waals surface area contributed by atoms with Crippen molar-refractivity contribution in [2.45, 2.75) is 26.1 Å². The van der Waals surface area contributed by atoms with Crippen molar-refractivity contribution in [2.24, 2.45) is 0 Å². The zero-order valence-electron chi connectivity index (χ0n) is 11.1. The molecule has 0 saturated carbocycles. The highest BCUT2D eigenvalue weighted by Gasteiger charge is 2.12. The molecule has 1 N–H and O–H groups in total. The number of hydrogen-bond acceptors (Lipinski definition) is 2. The lowest BCUT2D eigenvalue weighted by Crippen LogP contribution is -2.03. The van der Waals surface area contributed by atoms with Crippen LogP contribution in [0.25, 0.3) is 0 Å². The van der Waals surface area contributed by atoms with E-state index in [9.17, 15) is 9.50 Å². The molecule has 0 radical (unpaired) electrons. The van der Waals surface area contributed by atoms with Crippen LogP contribution in [0.15, 0.2) is 46.9 Å². The minimum Gasteiger partial charge on any atom is -0.488 e. The Kier molecular flexibility index (Phi) is 5.15. The van der Waals surface area contributed by atoms with E-state index in [1.54, 1.807) is 18.2 Å². The molecule has 0 aliphatic carbocycles. The lowest BCUT2D eigenvalue weighted by atomic mass is 10.1. The molecule has 0 aliphatic rings. The molecule has 0 unspecified atom stereocenters. The zero-order valence-corrected chi connectivity index (χ0v) is 12.7. The van der Waals surface area contributed by atoms with Gasteiger partial charge in [0.1, 0.15) is 18.2 Å². The van der Waals surface area contributed by atoms with Gasteiger partial charge in [0, 0.05) is 11.1 Å². The second-order valence-electron chi connectivity index (χ2n) is 4.46. The van der Waals surface area contributed by atoms with Crippen LogP contribution in [-0.2, 0) is 6.61 Å². The molecule has 0 spiro atoms. The summed E-state index contributed by atoms with van der Waals surface area (Å²) in [5, 5.41) is 9.96. The number of halogens is 2. The predicted octanol–water partition coefficient (Wildman–Crippen LogP) is 4.61. The SMILES string of the molecule is CC[C@H](O)c1ccccc1OCc1cccc(F)c1Br. The monoisotopic (exact) mass is 338 g/mol. The number of rotatable bonds is 5. The number of hydrogen-bond donors (Lipinski definition) is 1. The summed E-state index contributed by atoms with van der Waals surface area (Å²) >= 11 is 3.21. The van der Waals surface area contributed by atoms with Crippen LogP contribution in [0.5, 0.6) is 5.75 Å². The molecule has 0 amide bonds. The summed E-state index contributed by atoms with van der Waals surface area (Å²) in [5.41, 5.74) is 1.48. The summed E-state index contributed by atoms with van der Waals surface area (Å²) < 4.78 is 19.6. The molecule has 0 aliphatic heterocycles. The minimum atomic E-state index is -0.554. The number of benzene rings is 2. The topological polar surface area (TPSA) is 29.5 Å². The number of para-hydroxylation sites is 1. The average Bonchev–Trinajstić information content (AvgIpc) is 2.48. The van der Waals surface area contributed by atoms with Crippen molar-refractivity contribution in [1.29, 1.82) is 0 Å². The Labute approximate surface area is 126 Å². The molecule has 0 aromatic heterocycles. The third-order valence-corrected chi connectivity index (χ3v) is 3.97. The first-order valence-electron chi connectivity index (χ1n) is 6.46.